The molecule has 1 aromatic rings. The number of aryl methyl sites for hydroxylation is 1. The van der Waals surface area contributed by atoms with E-state index in [1.807, 2.05) is 13.8 Å². The van der Waals surface area contributed by atoms with Gasteiger partial charge in [-0.2, -0.15) is 0 Å². The smallest absolute Gasteiger partial charge is 0.0196 e. The monoisotopic (exact) mass is 304 g/mol. The maximum Gasteiger partial charge on any atom is -0.0196 e. The molecule has 0 atom stereocenters. The van der Waals surface area contributed by atoms with Crippen LogP contribution in [0, 0.1) is 6.92 Å². The van der Waals surface area contributed by atoms with Crippen molar-refractivity contribution in [2.24, 2.45) is 0 Å². The van der Waals surface area contributed by atoms with Crippen LogP contribution in [-0.4, -0.2) is 0 Å². The van der Waals surface area contributed by atoms with Crippen molar-refractivity contribution in [3.05, 3.63) is 41.0 Å². The molecule has 0 saturated heterocycles. The van der Waals surface area contributed by atoms with Gasteiger partial charge in [-0.15, -0.1) is 0 Å². The van der Waals surface area contributed by atoms with E-state index in [4.69, 9.17) is 0 Å². The molecule has 0 amide bonds. The molecule has 1 aromatic carbocycles. The van der Waals surface area contributed by atoms with Crippen molar-refractivity contribution < 1.29 is 0 Å². The van der Waals surface area contributed by atoms with Crippen LogP contribution >= 0.6 is 0 Å². The number of hydrogen-bond acceptors (Lipinski definition) is 0. The van der Waals surface area contributed by atoms with Gasteiger partial charge in [-0.1, -0.05) is 96.6 Å². The van der Waals surface area contributed by atoms with Crippen LogP contribution in [0.4, 0.5) is 0 Å². The Morgan fingerprint density at radius 1 is 0.818 bits per heavy atom. The second-order valence-corrected chi connectivity index (χ2v) is 5.75. The highest BCUT2D eigenvalue weighted by molar-refractivity contribution is 5.70. The van der Waals surface area contributed by atoms with Gasteiger partial charge in [0.2, 0.25) is 0 Å². The van der Waals surface area contributed by atoms with E-state index in [1.54, 1.807) is 0 Å². The van der Waals surface area contributed by atoms with E-state index in [-0.39, 0.29) is 0 Å². The zero-order valence-electron chi connectivity index (χ0n) is 16.6. The molecular formula is C22H40. The third-order valence-corrected chi connectivity index (χ3v) is 3.53. The third kappa shape index (κ3) is 10.7. The van der Waals surface area contributed by atoms with Gasteiger partial charge >= 0.3 is 0 Å². The number of benzene rings is 1. The number of hydrogen-bond donors (Lipinski definition) is 0. The summed E-state index contributed by atoms with van der Waals surface area (Å²) in [4.78, 5) is 0. The molecule has 1 rings (SSSR count). The fraction of sp³-hybridized carbons (Fsp3) is 0.636. The lowest BCUT2D eigenvalue weighted by Gasteiger charge is -2.11. The molecule has 0 fully saturated rings. The number of rotatable bonds is 6. The van der Waals surface area contributed by atoms with Crippen molar-refractivity contribution in [1.82, 2.24) is 0 Å². The Kier molecular flexibility index (Phi) is 17.2. The van der Waals surface area contributed by atoms with E-state index < -0.39 is 0 Å². The van der Waals surface area contributed by atoms with Crippen LogP contribution in [0.5, 0.6) is 0 Å². The van der Waals surface area contributed by atoms with Crippen molar-refractivity contribution in [1.29, 1.82) is 0 Å². The molecule has 0 heterocycles. The fourth-order valence-corrected chi connectivity index (χ4v) is 2.32. The second-order valence-electron chi connectivity index (χ2n) is 5.75. The van der Waals surface area contributed by atoms with Gasteiger partial charge in [0.25, 0.3) is 0 Å². The minimum atomic E-state index is 1.19. The molecule has 0 unspecified atom stereocenters. The van der Waals surface area contributed by atoms with E-state index in [0.717, 1.165) is 0 Å². The molecular weight excluding hydrogens is 264 g/mol. The summed E-state index contributed by atoms with van der Waals surface area (Å²) < 4.78 is 0. The highest BCUT2D eigenvalue weighted by Gasteiger charge is 2.04. The van der Waals surface area contributed by atoms with E-state index in [0.29, 0.717) is 0 Å². The van der Waals surface area contributed by atoms with Crippen molar-refractivity contribution in [2.45, 2.75) is 93.9 Å². The summed E-state index contributed by atoms with van der Waals surface area (Å²) in [6, 6.07) is 8.65. The summed E-state index contributed by atoms with van der Waals surface area (Å²) in [5.41, 5.74) is 5.78. The van der Waals surface area contributed by atoms with Gasteiger partial charge in [0.1, 0.15) is 0 Å². The summed E-state index contributed by atoms with van der Waals surface area (Å²) in [6.07, 6.45) is 7.94. The SMILES string of the molecule is CC.CCCC(=C(C)C)c1ccccc1C.CCCCCC. The van der Waals surface area contributed by atoms with E-state index in [2.05, 4.69) is 65.8 Å². The normalized spacial score (nSPS) is 9.09. The second kappa shape index (κ2) is 16.3. The minimum Gasteiger partial charge on any atom is -0.0726 e. The molecule has 22 heavy (non-hydrogen) atoms. The molecule has 0 N–H and O–H groups in total. The minimum absolute atomic E-state index is 1.19. The van der Waals surface area contributed by atoms with Crippen LogP contribution in [-0.2, 0) is 0 Å². The maximum atomic E-state index is 2.24. The predicted molar refractivity (Wildman–Crippen MR) is 106 cm³/mol. The van der Waals surface area contributed by atoms with Gasteiger partial charge in [-0.25, -0.2) is 0 Å². The quantitative estimate of drug-likeness (QED) is 0.464. The molecule has 0 aromatic heterocycles. The Morgan fingerprint density at radius 3 is 1.68 bits per heavy atom. The van der Waals surface area contributed by atoms with Crippen LogP contribution in [0.3, 0.4) is 0 Å². The molecule has 0 nitrogen and oxygen atoms in total. The molecule has 0 saturated carbocycles. The van der Waals surface area contributed by atoms with Gasteiger partial charge in [-0.05, 0) is 43.9 Å². The third-order valence-electron chi connectivity index (χ3n) is 3.53. The molecule has 0 aliphatic heterocycles. The fourth-order valence-electron chi connectivity index (χ4n) is 2.32. The number of unbranched alkanes of at least 4 members (excludes halogenated alkanes) is 3. The Morgan fingerprint density at radius 2 is 1.32 bits per heavy atom. The first kappa shape index (κ1) is 23.2. The summed E-state index contributed by atoms with van der Waals surface area (Å²) in [6.45, 7) is 17.3. The maximum absolute atomic E-state index is 2.24. The summed E-state index contributed by atoms with van der Waals surface area (Å²) in [7, 11) is 0. The molecule has 0 bridgehead atoms. The van der Waals surface area contributed by atoms with E-state index >= 15 is 0 Å². The first-order valence-corrected chi connectivity index (χ1v) is 9.30. The van der Waals surface area contributed by atoms with Gasteiger partial charge in [-0.3, -0.25) is 0 Å². The zero-order valence-corrected chi connectivity index (χ0v) is 16.6. The van der Waals surface area contributed by atoms with Crippen molar-refractivity contribution in [2.75, 3.05) is 0 Å². The average Bonchev–Trinajstić information content (AvgIpc) is 2.54. The lowest BCUT2D eigenvalue weighted by molar-refractivity contribution is 0.702. The van der Waals surface area contributed by atoms with Crippen LogP contribution in [0.1, 0.15) is 98.1 Å². The standard InChI is InChI=1S/C14H20.C6H14.C2H6/c1-5-8-13(11(2)3)14-10-7-6-9-12(14)4;1-3-5-6-4-2;1-2/h6-7,9-10H,5,8H2,1-4H3;3-6H2,1-2H3;1-2H3. The van der Waals surface area contributed by atoms with E-state index in [1.165, 1.54) is 60.8 Å². The van der Waals surface area contributed by atoms with Gasteiger partial charge in [0, 0.05) is 0 Å². The summed E-state index contributed by atoms with van der Waals surface area (Å²) >= 11 is 0. The predicted octanol–water partition coefficient (Wildman–Crippen LogP) is 8.20. The molecule has 0 aliphatic carbocycles. The van der Waals surface area contributed by atoms with Crippen LogP contribution < -0.4 is 0 Å². The molecule has 128 valence electrons. The summed E-state index contributed by atoms with van der Waals surface area (Å²) in [5.74, 6) is 0. The van der Waals surface area contributed by atoms with Crippen LogP contribution in [0.25, 0.3) is 5.57 Å². The lowest BCUT2D eigenvalue weighted by atomic mass is 9.94. The molecule has 0 spiro atoms. The Balaban J connectivity index is 0. The molecule has 0 heteroatoms. The van der Waals surface area contributed by atoms with Crippen LogP contribution in [0.15, 0.2) is 29.8 Å². The van der Waals surface area contributed by atoms with E-state index in [9.17, 15) is 0 Å². The topological polar surface area (TPSA) is 0 Å². The van der Waals surface area contributed by atoms with Crippen LogP contribution in [0.2, 0.25) is 0 Å². The largest absolute Gasteiger partial charge is 0.0726 e. The van der Waals surface area contributed by atoms with Gasteiger partial charge in [0.05, 0.1) is 0 Å². The van der Waals surface area contributed by atoms with Crippen molar-refractivity contribution in [3.63, 3.8) is 0 Å². The molecule has 0 radical (unpaired) electrons. The Bertz CT molecular complexity index is 377. The first-order chi connectivity index (χ1) is 10.6. The lowest BCUT2D eigenvalue weighted by Crippen LogP contribution is -1.90. The van der Waals surface area contributed by atoms with Gasteiger partial charge < -0.3 is 0 Å². The average molecular weight is 305 g/mol. The Hall–Kier alpha value is -1.04. The van der Waals surface area contributed by atoms with Crippen molar-refractivity contribution >= 4 is 5.57 Å². The Labute approximate surface area is 141 Å². The van der Waals surface area contributed by atoms with Crippen molar-refractivity contribution in [3.8, 4) is 0 Å². The highest BCUT2D eigenvalue weighted by atomic mass is 14.1. The molecule has 0 aliphatic rings. The number of allylic oxidation sites excluding steroid dienone is 2. The van der Waals surface area contributed by atoms with Gasteiger partial charge in [0.15, 0.2) is 0 Å². The first-order valence-electron chi connectivity index (χ1n) is 9.30. The highest BCUT2D eigenvalue weighted by Crippen LogP contribution is 2.26. The zero-order chi connectivity index (χ0) is 17.4. The summed E-state index contributed by atoms with van der Waals surface area (Å²) in [5, 5.41) is 0.